The van der Waals surface area contributed by atoms with Gasteiger partial charge in [0.2, 0.25) is 5.88 Å². The number of nitrogens with zero attached hydrogens (tertiary/aromatic N) is 1. The molecule has 0 spiro atoms. The second-order valence-electron chi connectivity index (χ2n) is 5.47. The summed E-state index contributed by atoms with van der Waals surface area (Å²) in [5, 5.41) is 3.68. The Labute approximate surface area is 116 Å². The highest BCUT2D eigenvalue weighted by Crippen LogP contribution is 2.28. The molecule has 2 aliphatic rings. The largest absolute Gasteiger partial charge is 0.474 e. The van der Waals surface area contributed by atoms with Crippen molar-refractivity contribution < 1.29 is 4.74 Å². The standard InChI is InChI=1S/C14H19BrN2O/c1-9-5-14(16-8-13(9)15)18-12-6-10-3-2-4-11(7-12)17-10/h5,8,10-12,17H,2-4,6-7H2,1H3/t10-,11+,12-. The Hall–Kier alpha value is -0.610. The summed E-state index contributed by atoms with van der Waals surface area (Å²) in [4.78, 5) is 4.34. The second-order valence-corrected chi connectivity index (χ2v) is 6.33. The first-order valence-electron chi connectivity index (χ1n) is 6.75. The lowest BCUT2D eigenvalue weighted by Gasteiger charge is -2.40. The minimum absolute atomic E-state index is 0.328. The van der Waals surface area contributed by atoms with Gasteiger partial charge in [0.25, 0.3) is 0 Å². The summed E-state index contributed by atoms with van der Waals surface area (Å²) in [6.45, 7) is 2.07. The van der Waals surface area contributed by atoms with Gasteiger partial charge in [0.15, 0.2) is 0 Å². The molecular formula is C14H19BrN2O. The van der Waals surface area contributed by atoms with Crippen LogP contribution in [0, 0.1) is 6.92 Å². The number of aromatic nitrogens is 1. The van der Waals surface area contributed by atoms with Gasteiger partial charge in [-0.1, -0.05) is 6.42 Å². The normalized spacial score (nSPS) is 31.1. The molecule has 3 heterocycles. The van der Waals surface area contributed by atoms with E-state index in [2.05, 4.69) is 33.2 Å². The Balaban J connectivity index is 1.67. The molecule has 0 amide bonds. The number of nitrogens with one attached hydrogen (secondary N) is 1. The maximum Gasteiger partial charge on any atom is 0.213 e. The Bertz CT molecular complexity index is 426. The number of hydrogen-bond acceptors (Lipinski definition) is 3. The van der Waals surface area contributed by atoms with Crippen molar-refractivity contribution in [3.05, 3.63) is 22.3 Å². The first-order valence-corrected chi connectivity index (χ1v) is 7.55. The third-order valence-electron chi connectivity index (χ3n) is 3.98. The maximum absolute atomic E-state index is 6.06. The molecule has 0 unspecified atom stereocenters. The summed E-state index contributed by atoms with van der Waals surface area (Å²) in [7, 11) is 0. The molecule has 3 atom stereocenters. The predicted octanol–water partition coefficient (Wildman–Crippen LogP) is 3.20. The van der Waals surface area contributed by atoms with Crippen LogP contribution in [0.4, 0.5) is 0 Å². The lowest BCUT2D eigenvalue weighted by Crippen LogP contribution is -2.51. The summed E-state index contributed by atoms with van der Waals surface area (Å²) in [6.07, 6.45) is 8.35. The van der Waals surface area contributed by atoms with E-state index in [0.29, 0.717) is 18.2 Å². The number of halogens is 1. The fraction of sp³-hybridized carbons (Fsp3) is 0.643. The lowest BCUT2D eigenvalue weighted by molar-refractivity contribution is 0.0889. The highest BCUT2D eigenvalue weighted by atomic mass is 79.9. The topological polar surface area (TPSA) is 34.1 Å². The van der Waals surface area contributed by atoms with E-state index in [1.807, 2.05) is 12.3 Å². The number of piperidine rings is 2. The van der Waals surface area contributed by atoms with E-state index in [4.69, 9.17) is 4.74 Å². The number of ether oxygens (including phenoxy) is 1. The van der Waals surface area contributed by atoms with Crippen molar-refractivity contribution in [3.63, 3.8) is 0 Å². The van der Waals surface area contributed by atoms with Crippen LogP contribution < -0.4 is 10.1 Å². The van der Waals surface area contributed by atoms with E-state index in [1.165, 1.54) is 24.8 Å². The van der Waals surface area contributed by atoms with Crippen LogP contribution in [-0.2, 0) is 0 Å². The van der Waals surface area contributed by atoms with Gasteiger partial charge in [-0.25, -0.2) is 4.98 Å². The van der Waals surface area contributed by atoms with Crippen LogP contribution in [0.25, 0.3) is 0 Å². The molecule has 98 valence electrons. The quantitative estimate of drug-likeness (QED) is 0.911. The lowest BCUT2D eigenvalue weighted by atomic mass is 9.85. The van der Waals surface area contributed by atoms with Crippen molar-refractivity contribution in [1.82, 2.24) is 10.3 Å². The van der Waals surface area contributed by atoms with Crippen molar-refractivity contribution in [3.8, 4) is 5.88 Å². The van der Waals surface area contributed by atoms with Gasteiger partial charge in [-0.15, -0.1) is 0 Å². The van der Waals surface area contributed by atoms with E-state index in [9.17, 15) is 0 Å². The average Bonchev–Trinajstić information content (AvgIpc) is 2.33. The summed E-state index contributed by atoms with van der Waals surface area (Å²) >= 11 is 3.47. The van der Waals surface area contributed by atoms with Gasteiger partial charge in [0, 0.05) is 28.8 Å². The molecule has 3 rings (SSSR count). The van der Waals surface area contributed by atoms with E-state index < -0.39 is 0 Å². The Morgan fingerprint density at radius 3 is 2.72 bits per heavy atom. The van der Waals surface area contributed by atoms with Crippen molar-refractivity contribution >= 4 is 15.9 Å². The molecule has 2 fully saturated rings. The highest BCUT2D eigenvalue weighted by molar-refractivity contribution is 9.10. The monoisotopic (exact) mass is 310 g/mol. The maximum atomic E-state index is 6.06. The molecule has 2 saturated heterocycles. The molecule has 1 aromatic rings. The zero-order chi connectivity index (χ0) is 12.5. The van der Waals surface area contributed by atoms with Crippen molar-refractivity contribution in [2.75, 3.05) is 0 Å². The number of pyridine rings is 1. The Morgan fingerprint density at radius 1 is 1.33 bits per heavy atom. The van der Waals surface area contributed by atoms with E-state index >= 15 is 0 Å². The smallest absolute Gasteiger partial charge is 0.213 e. The number of fused-ring (bicyclic) bond motifs is 2. The number of hydrogen-bond donors (Lipinski definition) is 1. The minimum Gasteiger partial charge on any atom is -0.474 e. The third kappa shape index (κ3) is 2.69. The molecule has 0 aliphatic carbocycles. The van der Waals surface area contributed by atoms with E-state index in [0.717, 1.165) is 23.2 Å². The fourth-order valence-corrected chi connectivity index (χ4v) is 3.28. The molecule has 4 heteroatoms. The van der Waals surface area contributed by atoms with Crippen LogP contribution in [0.15, 0.2) is 16.7 Å². The van der Waals surface area contributed by atoms with Crippen molar-refractivity contribution in [1.29, 1.82) is 0 Å². The van der Waals surface area contributed by atoms with Gasteiger partial charge < -0.3 is 10.1 Å². The molecule has 0 radical (unpaired) electrons. The van der Waals surface area contributed by atoms with Crippen molar-refractivity contribution in [2.24, 2.45) is 0 Å². The average molecular weight is 311 g/mol. The molecule has 2 aliphatic heterocycles. The second kappa shape index (κ2) is 5.17. The van der Waals surface area contributed by atoms with Gasteiger partial charge in [-0.3, -0.25) is 0 Å². The summed E-state index contributed by atoms with van der Waals surface area (Å²) < 4.78 is 7.09. The van der Waals surface area contributed by atoms with E-state index in [1.54, 1.807) is 0 Å². The molecule has 1 N–H and O–H groups in total. The van der Waals surface area contributed by atoms with Crippen LogP contribution in [0.1, 0.15) is 37.7 Å². The summed E-state index contributed by atoms with van der Waals surface area (Å²) in [5.74, 6) is 0.765. The highest BCUT2D eigenvalue weighted by Gasteiger charge is 2.32. The van der Waals surface area contributed by atoms with Gasteiger partial charge in [0.1, 0.15) is 6.10 Å². The van der Waals surface area contributed by atoms with Gasteiger partial charge >= 0.3 is 0 Å². The molecule has 18 heavy (non-hydrogen) atoms. The van der Waals surface area contributed by atoms with Crippen LogP contribution >= 0.6 is 15.9 Å². The zero-order valence-electron chi connectivity index (χ0n) is 10.7. The SMILES string of the molecule is Cc1cc(O[C@@H]2C[C@H]3CCC[C@@H](C2)N3)ncc1Br. The first-order chi connectivity index (χ1) is 8.70. The minimum atomic E-state index is 0.328. The molecule has 1 aromatic heterocycles. The van der Waals surface area contributed by atoms with Gasteiger partial charge in [0.05, 0.1) is 0 Å². The van der Waals surface area contributed by atoms with Crippen LogP contribution in [0.5, 0.6) is 5.88 Å². The molecule has 0 saturated carbocycles. The van der Waals surface area contributed by atoms with Gasteiger partial charge in [-0.2, -0.15) is 0 Å². The molecule has 2 bridgehead atoms. The van der Waals surface area contributed by atoms with E-state index in [-0.39, 0.29) is 0 Å². The molecular weight excluding hydrogens is 292 g/mol. The van der Waals surface area contributed by atoms with Crippen molar-refractivity contribution in [2.45, 2.75) is 57.2 Å². The van der Waals surface area contributed by atoms with Crippen LogP contribution in [-0.4, -0.2) is 23.2 Å². The molecule has 0 aromatic carbocycles. The Kier molecular flexibility index (Phi) is 3.57. The van der Waals surface area contributed by atoms with Crippen LogP contribution in [0.2, 0.25) is 0 Å². The van der Waals surface area contributed by atoms with Gasteiger partial charge in [-0.05, 0) is 54.1 Å². The Morgan fingerprint density at radius 2 is 2.06 bits per heavy atom. The number of rotatable bonds is 2. The third-order valence-corrected chi connectivity index (χ3v) is 4.81. The zero-order valence-corrected chi connectivity index (χ0v) is 12.2. The fourth-order valence-electron chi connectivity index (χ4n) is 3.06. The summed E-state index contributed by atoms with van der Waals surface area (Å²) in [5.41, 5.74) is 1.18. The first kappa shape index (κ1) is 12.4. The molecule has 3 nitrogen and oxygen atoms in total. The summed E-state index contributed by atoms with van der Waals surface area (Å²) in [6, 6.07) is 3.32. The predicted molar refractivity (Wildman–Crippen MR) is 74.9 cm³/mol. The van der Waals surface area contributed by atoms with Crippen LogP contribution in [0.3, 0.4) is 0 Å². The number of aryl methyl sites for hydroxylation is 1.